The van der Waals surface area contributed by atoms with Crippen molar-refractivity contribution in [1.82, 2.24) is 20.8 Å². The number of fused-ring (bicyclic) bond motifs is 2. The minimum absolute atomic E-state index is 0.00488. The maximum Gasteiger partial charge on any atom is 0.346 e. The average Bonchev–Trinajstić information content (AvgIpc) is 3.12. The largest absolute Gasteiger partial charge is 0.748 e. The van der Waals surface area contributed by atoms with Gasteiger partial charge in [-0.2, -0.15) is 9.35 Å². The number of amides is 4. The lowest BCUT2D eigenvalue weighted by molar-refractivity contribution is -0.139. The summed E-state index contributed by atoms with van der Waals surface area (Å²) in [5, 5.41) is 3.98. The van der Waals surface area contributed by atoms with Gasteiger partial charge in [-0.3, -0.25) is 14.4 Å². The Morgan fingerprint density at radius 2 is 2.19 bits per heavy atom. The summed E-state index contributed by atoms with van der Waals surface area (Å²) in [7, 11) is 0. The van der Waals surface area contributed by atoms with Crippen LogP contribution >= 0.6 is 0 Å². The minimum Gasteiger partial charge on any atom is -0.748 e. The molecule has 3 unspecified atom stereocenters. The van der Waals surface area contributed by atoms with E-state index in [-0.39, 0.29) is 31.0 Å². The van der Waals surface area contributed by atoms with Crippen LogP contribution in [0.25, 0.3) is 0 Å². The summed E-state index contributed by atoms with van der Waals surface area (Å²) < 4.78 is 25.9. The van der Waals surface area contributed by atoms with E-state index in [9.17, 15) is 23.1 Å². The number of nitrogens with one attached hydrogen (secondary N) is 2. The molecule has 3 aliphatic rings. The third-order valence-corrected chi connectivity index (χ3v) is 5.31. The number of rotatable bonds is 8. The molecule has 12 nitrogen and oxygen atoms in total. The highest BCUT2D eigenvalue weighted by molar-refractivity contribution is 7.74. The first kappa shape index (κ1) is 19.9. The van der Waals surface area contributed by atoms with Crippen molar-refractivity contribution < 1.29 is 32.3 Å². The Balaban J connectivity index is 1.43. The average molecular weight is 404 g/mol. The fourth-order valence-electron chi connectivity index (χ4n) is 3.82. The van der Waals surface area contributed by atoms with E-state index in [1.807, 2.05) is 0 Å². The third kappa shape index (κ3) is 4.73. The second kappa shape index (κ2) is 8.48. The van der Waals surface area contributed by atoms with Crippen LogP contribution in [0.15, 0.2) is 0 Å². The molecule has 2 bridgehead atoms. The zero-order chi connectivity index (χ0) is 19.6. The summed E-state index contributed by atoms with van der Waals surface area (Å²) in [5.74, 6) is -0.665. The van der Waals surface area contributed by atoms with Crippen molar-refractivity contribution in [3.8, 4) is 0 Å². The topological polar surface area (TPSA) is 166 Å². The van der Waals surface area contributed by atoms with Crippen molar-refractivity contribution in [2.75, 3.05) is 19.7 Å². The molecule has 3 aliphatic heterocycles. The third-order valence-electron chi connectivity index (χ3n) is 5.03. The molecule has 3 heterocycles. The second-order valence-electron chi connectivity index (χ2n) is 6.94. The predicted octanol–water partition coefficient (Wildman–Crippen LogP) is -2.12. The normalized spacial score (nSPS) is 31.2. The lowest BCUT2D eigenvalue weighted by atomic mass is 10.0. The van der Waals surface area contributed by atoms with Crippen LogP contribution in [0.5, 0.6) is 0 Å². The molecule has 152 valence electrons. The number of primary amides is 1. The van der Waals surface area contributed by atoms with Gasteiger partial charge in [0.2, 0.25) is 5.91 Å². The molecule has 3 saturated heterocycles. The van der Waals surface area contributed by atoms with Crippen molar-refractivity contribution >= 4 is 29.2 Å². The van der Waals surface area contributed by atoms with Crippen molar-refractivity contribution in [1.29, 1.82) is 0 Å². The molecule has 3 rings (SSSR count). The fourth-order valence-corrected chi connectivity index (χ4v) is 4.14. The van der Waals surface area contributed by atoms with E-state index >= 15 is 0 Å². The van der Waals surface area contributed by atoms with Gasteiger partial charge >= 0.3 is 6.03 Å². The number of carbonyl (C=O) groups excluding carboxylic acids is 3. The van der Waals surface area contributed by atoms with Crippen molar-refractivity contribution in [2.24, 2.45) is 11.7 Å². The van der Waals surface area contributed by atoms with Gasteiger partial charge in [-0.25, -0.2) is 14.5 Å². The van der Waals surface area contributed by atoms with E-state index < -0.39 is 35.4 Å². The summed E-state index contributed by atoms with van der Waals surface area (Å²) in [5.41, 5.74) is 7.53. The summed E-state index contributed by atoms with van der Waals surface area (Å²) in [6.07, 6.45) is 1.84. The highest BCUT2D eigenvalue weighted by Gasteiger charge is 2.48. The van der Waals surface area contributed by atoms with Crippen LogP contribution in [0.4, 0.5) is 4.79 Å². The molecule has 0 radical (unpaired) electrons. The molecule has 4 N–H and O–H groups in total. The zero-order valence-electron chi connectivity index (χ0n) is 14.5. The summed E-state index contributed by atoms with van der Waals surface area (Å²) in [6.45, 7) is 1.09. The Hall–Kier alpha value is -1.80. The Bertz CT molecular complexity index is 635. The highest BCUT2D eigenvalue weighted by atomic mass is 32.2. The van der Waals surface area contributed by atoms with Gasteiger partial charge in [-0.1, -0.05) is 0 Å². The molecule has 5 atom stereocenters. The van der Waals surface area contributed by atoms with Crippen LogP contribution in [0, 0.1) is 5.92 Å². The molecule has 0 aromatic carbocycles. The first-order valence-corrected chi connectivity index (χ1v) is 9.66. The lowest BCUT2D eigenvalue weighted by Crippen LogP contribution is -2.50. The number of nitrogens with two attached hydrogens (primary N) is 1. The van der Waals surface area contributed by atoms with E-state index in [0.717, 1.165) is 5.06 Å². The zero-order valence-corrected chi connectivity index (χ0v) is 15.3. The molecule has 0 saturated carbocycles. The molecule has 0 aromatic rings. The van der Waals surface area contributed by atoms with Crippen molar-refractivity contribution in [3.05, 3.63) is 0 Å². The number of piperidine rings is 1. The lowest BCUT2D eigenvalue weighted by Gasteiger charge is -2.29. The highest BCUT2D eigenvalue weighted by Crippen LogP contribution is 2.30. The number of nitrogens with zero attached hydrogens (tertiary/aromatic N) is 2. The molecule has 0 spiro atoms. The predicted molar refractivity (Wildman–Crippen MR) is 88.6 cm³/mol. The molecule has 0 aromatic heterocycles. The Morgan fingerprint density at radius 1 is 1.41 bits per heavy atom. The quantitative estimate of drug-likeness (QED) is 0.305. The van der Waals surface area contributed by atoms with Gasteiger partial charge in [-0.15, -0.1) is 0 Å². The molecule has 27 heavy (non-hydrogen) atoms. The van der Waals surface area contributed by atoms with E-state index in [0.29, 0.717) is 32.2 Å². The van der Waals surface area contributed by atoms with Gasteiger partial charge < -0.3 is 20.5 Å². The van der Waals surface area contributed by atoms with Crippen LogP contribution in [0.3, 0.4) is 0 Å². The first-order valence-electron chi connectivity index (χ1n) is 8.66. The van der Waals surface area contributed by atoms with Gasteiger partial charge in [0, 0.05) is 19.0 Å². The monoisotopic (exact) mass is 404 g/mol. The first-order chi connectivity index (χ1) is 12.8. The SMILES string of the molecule is NC(=O)C[C@H]1CN[C@@H](CONC(=O)C2CCC3CN2C(=O)N3OS(=O)[O-])C1. The molecule has 3 fully saturated rings. The Morgan fingerprint density at radius 3 is 2.89 bits per heavy atom. The molecular weight excluding hydrogens is 382 g/mol. The summed E-state index contributed by atoms with van der Waals surface area (Å²) >= 11 is -2.85. The van der Waals surface area contributed by atoms with E-state index in [2.05, 4.69) is 15.1 Å². The number of carbonyl (C=O) groups is 3. The smallest absolute Gasteiger partial charge is 0.346 e. The second-order valence-corrected chi connectivity index (χ2v) is 7.50. The number of hydroxylamine groups is 3. The Labute approximate surface area is 158 Å². The standard InChI is InChI=1S/C14H23N5O7S/c15-12(20)4-8-3-9(16-5-8)7-25-17-13(21)11-2-1-10-6-18(11)14(22)19(10)26-27(23)24/h8-11,16H,1-7H2,(H2,15,20)(H,17,21)(H,23,24)/p-1/t8-,9+,10?,11?/m0/s1. The van der Waals surface area contributed by atoms with Crippen molar-refractivity contribution in [2.45, 2.75) is 43.8 Å². The Kier molecular flexibility index (Phi) is 6.26. The molecule has 4 amide bonds. The van der Waals surface area contributed by atoms with Crippen LogP contribution < -0.4 is 16.5 Å². The van der Waals surface area contributed by atoms with E-state index in [4.69, 9.17) is 10.6 Å². The summed E-state index contributed by atoms with van der Waals surface area (Å²) in [4.78, 5) is 42.1. The molecule has 13 heteroatoms. The van der Waals surface area contributed by atoms with Crippen LogP contribution in [0.2, 0.25) is 0 Å². The maximum atomic E-state index is 12.4. The van der Waals surface area contributed by atoms with Crippen LogP contribution in [-0.4, -0.2) is 74.4 Å². The maximum absolute atomic E-state index is 12.4. The summed E-state index contributed by atoms with van der Waals surface area (Å²) in [6, 6.07) is -1.81. The number of hydrogen-bond acceptors (Lipinski definition) is 8. The van der Waals surface area contributed by atoms with Crippen molar-refractivity contribution in [3.63, 3.8) is 0 Å². The van der Waals surface area contributed by atoms with Gasteiger partial charge in [0.05, 0.1) is 12.6 Å². The van der Waals surface area contributed by atoms with Crippen LogP contribution in [-0.2, 0) is 30.1 Å². The van der Waals surface area contributed by atoms with Gasteiger partial charge in [0.15, 0.2) is 0 Å². The number of hydrogen-bond donors (Lipinski definition) is 3. The van der Waals surface area contributed by atoms with Gasteiger partial charge in [0.1, 0.15) is 17.4 Å². The van der Waals surface area contributed by atoms with Gasteiger partial charge in [-0.05, 0) is 31.7 Å². The number of urea groups is 1. The molecule has 0 aliphatic carbocycles. The molecular formula is C14H22N5O7S-. The van der Waals surface area contributed by atoms with E-state index in [1.165, 1.54) is 4.90 Å². The minimum atomic E-state index is -2.85. The van der Waals surface area contributed by atoms with E-state index in [1.54, 1.807) is 0 Å². The van der Waals surface area contributed by atoms with Crippen LogP contribution in [0.1, 0.15) is 25.7 Å². The fraction of sp³-hybridized carbons (Fsp3) is 0.786. The van der Waals surface area contributed by atoms with Gasteiger partial charge in [0.25, 0.3) is 5.91 Å².